The SMILES string of the molecule is CCOC[C@@]1(N)[C@H](S(=O)(=O)CC)[C@@H]1c1ccccc1. The van der Waals surface area contributed by atoms with Gasteiger partial charge < -0.3 is 10.5 Å². The summed E-state index contributed by atoms with van der Waals surface area (Å²) in [4.78, 5) is 0. The lowest BCUT2D eigenvalue weighted by Gasteiger charge is -2.11. The minimum atomic E-state index is -3.17. The molecule has 0 unspecified atom stereocenters. The quantitative estimate of drug-likeness (QED) is 0.855. The highest BCUT2D eigenvalue weighted by molar-refractivity contribution is 7.92. The Hall–Kier alpha value is -0.910. The van der Waals surface area contributed by atoms with E-state index in [1.165, 1.54) is 0 Å². The first-order chi connectivity index (χ1) is 8.97. The maximum Gasteiger partial charge on any atom is 0.155 e. The van der Waals surface area contributed by atoms with Crippen molar-refractivity contribution in [3.05, 3.63) is 35.9 Å². The summed E-state index contributed by atoms with van der Waals surface area (Å²) in [7, 11) is -3.17. The molecule has 0 aromatic heterocycles. The Bertz CT molecular complexity index is 529. The van der Waals surface area contributed by atoms with Crippen molar-refractivity contribution in [2.75, 3.05) is 19.0 Å². The standard InChI is InChI=1S/C14H21NO3S/c1-3-18-10-14(15)12(11-8-6-5-7-9-11)13(14)19(16,17)4-2/h5-9,12-13H,3-4,10,15H2,1-2H3/t12-,13+,14-/m0/s1. The molecule has 5 heteroatoms. The van der Waals surface area contributed by atoms with Crippen LogP contribution >= 0.6 is 0 Å². The molecule has 0 spiro atoms. The Labute approximate surface area is 114 Å². The molecule has 1 fully saturated rings. The van der Waals surface area contributed by atoms with Crippen molar-refractivity contribution in [2.45, 2.75) is 30.6 Å². The summed E-state index contributed by atoms with van der Waals surface area (Å²) in [5.41, 5.74) is 6.50. The van der Waals surface area contributed by atoms with Gasteiger partial charge >= 0.3 is 0 Å². The summed E-state index contributed by atoms with van der Waals surface area (Å²) in [5.74, 6) is -0.0447. The summed E-state index contributed by atoms with van der Waals surface area (Å²) in [6.45, 7) is 4.37. The van der Waals surface area contributed by atoms with Gasteiger partial charge in [0.1, 0.15) is 0 Å². The largest absolute Gasteiger partial charge is 0.380 e. The first-order valence-electron chi connectivity index (χ1n) is 6.60. The number of rotatable bonds is 6. The van der Waals surface area contributed by atoms with E-state index in [4.69, 9.17) is 10.5 Å². The van der Waals surface area contributed by atoms with Crippen molar-refractivity contribution in [2.24, 2.45) is 5.73 Å². The van der Waals surface area contributed by atoms with Crippen molar-refractivity contribution >= 4 is 9.84 Å². The zero-order chi connectivity index (χ0) is 14.1. The van der Waals surface area contributed by atoms with Crippen molar-refractivity contribution in [3.63, 3.8) is 0 Å². The first kappa shape index (κ1) is 14.5. The highest BCUT2D eigenvalue weighted by Crippen LogP contribution is 2.54. The lowest BCUT2D eigenvalue weighted by molar-refractivity contribution is 0.125. The van der Waals surface area contributed by atoms with E-state index in [0.29, 0.717) is 6.61 Å². The van der Waals surface area contributed by atoms with E-state index in [-0.39, 0.29) is 18.3 Å². The van der Waals surface area contributed by atoms with E-state index < -0.39 is 20.6 Å². The van der Waals surface area contributed by atoms with Gasteiger partial charge in [-0.25, -0.2) is 8.42 Å². The third kappa shape index (κ3) is 2.55. The highest BCUT2D eigenvalue weighted by atomic mass is 32.2. The molecule has 19 heavy (non-hydrogen) atoms. The summed E-state index contributed by atoms with van der Waals surface area (Å²) in [6, 6.07) is 9.59. The van der Waals surface area contributed by atoms with E-state index in [0.717, 1.165) is 5.56 Å². The topological polar surface area (TPSA) is 69.4 Å². The Morgan fingerprint density at radius 3 is 2.42 bits per heavy atom. The van der Waals surface area contributed by atoms with E-state index in [1.54, 1.807) is 6.92 Å². The predicted molar refractivity (Wildman–Crippen MR) is 75.8 cm³/mol. The molecule has 1 aromatic rings. The molecule has 1 aliphatic rings. The van der Waals surface area contributed by atoms with Gasteiger partial charge in [-0.15, -0.1) is 0 Å². The van der Waals surface area contributed by atoms with Crippen molar-refractivity contribution in [1.29, 1.82) is 0 Å². The van der Waals surface area contributed by atoms with Gasteiger partial charge in [0.15, 0.2) is 9.84 Å². The molecule has 1 aliphatic carbocycles. The summed E-state index contributed by atoms with van der Waals surface area (Å²) in [6.07, 6.45) is 0. The van der Waals surface area contributed by atoms with Crippen LogP contribution in [0.15, 0.2) is 30.3 Å². The van der Waals surface area contributed by atoms with Crippen LogP contribution in [0.3, 0.4) is 0 Å². The maximum absolute atomic E-state index is 12.2. The van der Waals surface area contributed by atoms with Crippen molar-refractivity contribution in [1.82, 2.24) is 0 Å². The Morgan fingerprint density at radius 1 is 1.26 bits per heavy atom. The monoisotopic (exact) mass is 283 g/mol. The predicted octanol–water partition coefficient (Wildman–Crippen LogP) is 1.32. The van der Waals surface area contributed by atoms with Crippen LogP contribution in [0, 0.1) is 0 Å². The van der Waals surface area contributed by atoms with Gasteiger partial charge in [0.2, 0.25) is 0 Å². The van der Waals surface area contributed by atoms with Crippen molar-refractivity contribution in [3.8, 4) is 0 Å². The molecular weight excluding hydrogens is 262 g/mol. The lowest BCUT2D eigenvalue weighted by atomic mass is 10.1. The second-order valence-electron chi connectivity index (χ2n) is 5.01. The maximum atomic E-state index is 12.2. The molecule has 0 aliphatic heterocycles. The minimum absolute atomic E-state index is 0.117. The molecule has 0 radical (unpaired) electrons. The molecule has 2 rings (SSSR count). The van der Waals surface area contributed by atoms with Gasteiger partial charge in [0.05, 0.1) is 17.4 Å². The van der Waals surface area contributed by atoms with Crippen LogP contribution in [-0.4, -0.2) is 38.2 Å². The molecule has 4 nitrogen and oxygen atoms in total. The lowest BCUT2D eigenvalue weighted by Crippen LogP contribution is -2.36. The first-order valence-corrected chi connectivity index (χ1v) is 8.32. The van der Waals surface area contributed by atoms with Crippen LogP contribution in [0.4, 0.5) is 0 Å². The Morgan fingerprint density at radius 2 is 1.89 bits per heavy atom. The van der Waals surface area contributed by atoms with E-state index >= 15 is 0 Å². The fourth-order valence-electron chi connectivity index (χ4n) is 2.74. The summed E-state index contributed by atoms with van der Waals surface area (Å²) < 4.78 is 29.8. The minimum Gasteiger partial charge on any atom is -0.380 e. The van der Waals surface area contributed by atoms with Crippen LogP contribution in [0.5, 0.6) is 0 Å². The van der Waals surface area contributed by atoms with Gasteiger partial charge in [0.25, 0.3) is 0 Å². The normalized spacial score (nSPS) is 30.3. The summed E-state index contributed by atoms with van der Waals surface area (Å²) in [5, 5.41) is -0.529. The van der Waals surface area contributed by atoms with Crippen LogP contribution in [0.1, 0.15) is 25.3 Å². The molecule has 1 saturated carbocycles. The molecule has 2 N–H and O–H groups in total. The molecule has 1 aromatic carbocycles. The van der Waals surface area contributed by atoms with Gasteiger partial charge in [0, 0.05) is 18.3 Å². The number of ether oxygens (including phenoxy) is 1. The van der Waals surface area contributed by atoms with Crippen LogP contribution in [0.25, 0.3) is 0 Å². The molecule has 0 bridgehead atoms. The van der Waals surface area contributed by atoms with Gasteiger partial charge in [-0.3, -0.25) is 0 Å². The van der Waals surface area contributed by atoms with Crippen LogP contribution < -0.4 is 5.73 Å². The molecule has 0 saturated heterocycles. The third-order valence-electron chi connectivity index (χ3n) is 3.81. The average molecular weight is 283 g/mol. The number of sulfone groups is 1. The summed E-state index contributed by atoms with van der Waals surface area (Å²) >= 11 is 0. The number of hydrogen-bond acceptors (Lipinski definition) is 4. The van der Waals surface area contributed by atoms with E-state index in [2.05, 4.69) is 0 Å². The molecule has 3 atom stereocenters. The zero-order valence-electron chi connectivity index (χ0n) is 11.4. The highest BCUT2D eigenvalue weighted by Gasteiger charge is 2.68. The van der Waals surface area contributed by atoms with Gasteiger partial charge in [-0.05, 0) is 12.5 Å². The Kier molecular flexibility index (Phi) is 3.99. The molecule has 106 valence electrons. The second-order valence-corrected chi connectivity index (χ2v) is 7.42. The van der Waals surface area contributed by atoms with E-state index in [9.17, 15) is 8.42 Å². The Balaban J connectivity index is 2.31. The molecule has 0 heterocycles. The smallest absolute Gasteiger partial charge is 0.155 e. The van der Waals surface area contributed by atoms with Crippen molar-refractivity contribution < 1.29 is 13.2 Å². The number of hydrogen-bond donors (Lipinski definition) is 1. The molecule has 0 amide bonds. The van der Waals surface area contributed by atoms with Crippen LogP contribution in [0.2, 0.25) is 0 Å². The zero-order valence-corrected chi connectivity index (χ0v) is 12.2. The fraction of sp³-hybridized carbons (Fsp3) is 0.571. The fourth-order valence-corrected chi connectivity index (χ4v) is 4.73. The third-order valence-corrected chi connectivity index (χ3v) is 6.10. The average Bonchev–Trinajstić information content (AvgIpc) is 3.05. The number of benzene rings is 1. The second kappa shape index (κ2) is 5.23. The van der Waals surface area contributed by atoms with E-state index in [1.807, 2.05) is 37.3 Å². The van der Waals surface area contributed by atoms with Gasteiger partial charge in [-0.1, -0.05) is 37.3 Å². The number of nitrogens with two attached hydrogens (primary N) is 1. The van der Waals surface area contributed by atoms with Crippen LogP contribution in [-0.2, 0) is 14.6 Å². The molecular formula is C14H21NO3S. The van der Waals surface area contributed by atoms with Gasteiger partial charge in [-0.2, -0.15) is 0 Å².